The molecule has 1 aliphatic carbocycles. The second-order valence-electron chi connectivity index (χ2n) is 7.26. The molecule has 1 fully saturated rings. The summed E-state index contributed by atoms with van der Waals surface area (Å²) in [7, 11) is 0. The summed E-state index contributed by atoms with van der Waals surface area (Å²) < 4.78 is 11.1. The van der Waals surface area contributed by atoms with Crippen LogP contribution in [0.1, 0.15) is 82.0 Å². The van der Waals surface area contributed by atoms with Gasteiger partial charge in [-0.2, -0.15) is 5.26 Å². The van der Waals surface area contributed by atoms with E-state index in [1.165, 1.54) is 19.3 Å². The Kier molecular flexibility index (Phi) is 7.97. The molecule has 1 aromatic carbocycles. The molecular weight excluding hydrogens is 326 g/mol. The maximum Gasteiger partial charge on any atom is 0.338 e. The SMILES string of the molecule is CCCCCCC1(C#N)CCC(OC(=O)c2ccc(OCC)cc2)CC1. The van der Waals surface area contributed by atoms with Gasteiger partial charge in [-0.05, 0) is 63.3 Å². The van der Waals surface area contributed by atoms with Gasteiger partial charge in [0.25, 0.3) is 0 Å². The summed E-state index contributed by atoms with van der Waals surface area (Å²) in [4.78, 5) is 12.3. The Labute approximate surface area is 157 Å². The van der Waals surface area contributed by atoms with Crippen molar-refractivity contribution >= 4 is 5.97 Å². The highest BCUT2D eigenvalue weighted by molar-refractivity contribution is 5.89. The van der Waals surface area contributed by atoms with Crippen molar-refractivity contribution < 1.29 is 14.3 Å². The number of benzene rings is 1. The van der Waals surface area contributed by atoms with E-state index < -0.39 is 0 Å². The van der Waals surface area contributed by atoms with E-state index in [0.717, 1.165) is 44.3 Å². The lowest BCUT2D eigenvalue weighted by Gasteiger charge is -2.34. The van der Waals surface area contributed by atoms with Gasteiger partial charge in [0.15, 0.2) is 0 Å². The Morgan fingerprint density at radius 3 is 2.42 bits per heavy atom. The topological polar surface area (TPSA) is 59.3 Å². The van der Waals surface area contributed by atoms with Crippen molar-refractivity contribution in [1.82, 2.24) is 0 Å². The standard InChI is InChI=1S/C22H31NO3/c1-3-5-6-7-14-22(17-23)15-12-20(13-16-22)26-21(24)18-8-10-19(11-9-18)25-4-2/h8-11,20H,3-7,12-16H2,1-2H3. The van der Waals surface area contributed by atoms with Gasteiger partial charge in [0.05, 0.1) is 23.7 Å². The molecule has 0 atom stereocenters. The molecule has 4 heteroatoms. The molecule has 0 heterocycles. The second kappa shape index (κ2) is 10.2. The number of unbranched alkanes of at least 4 members (excludes halogenated alkanes) is 3. The first-order valence-corrected chi connectivity index (χ1v) is 9.97. The minimum Gasteiger partial charge on any atom is -0.494 e. The first-order chi connectivity index (χ1) is 12.6. The average Bonchev–Trinajstić information content (AvgIpc) is 2.67. The van der Waals surface area contributed by atoms with Crippen LogP contribution in [0.3, 0.4) is 0 Å². The molecule has 4 nitrogen and oxygen atoms in total. The van der Waals surface area contributed by atoms with Gasteiger partial charge in [-0.3, -0.25) is 0 Å². The molecule has 0 radical (unpaired) electrons. The van der Waals surface area contributed by atoms with Crippen molar-refractivity contribution in [3.8, 4) is 11.8 Å². The summed E-state index contributed by atoms with van der Waals surface area (Å²) >= 11 is 0. The van der Waals surface area contributed by atoms with E-state index in [1.807, 2.05) is 6.92 Å². The first-order valence-electron chi connectivity index (χ1n) is 9.97. The van der Waals surface area contributed by atoms with Gasteiger partial charge in [-0.25, -0.2) is 4.79 Å². The Morgan fingerprint density at radius 2 is 1.85 bits per heavy atom. The van der Waals surface area contributed by atoms with Gasteiger partial charge in [-0.15, -0.1) is 0 Å². The van der Waals surface area contributed by atoms with E-state index in [2.05, 4.69) is 13.0 Å². The summed E-state index contributed by atoms with van der Waals surface area (Å²) in [5.41, 5.74) is 0.334. The molecule has 0 spiro atoms. The highest BCUT2D eigenvalue weighted by Crippen LogP contribution is 2.41. The van der Waals surface area contributed by atoms with Crippen LogP contribution in [0.15, 0.2) is 24.3 Å². The molecule has 1 aromatic rings. The van der Waals surface area contributed by atoms with Gasteiger partial charge in [0, 0.05) is 0 Å². The predicted octanol–water partition coefficient (Wildman–Crippen LogP) is 5.67. The largest absolute Gasteiger partial charge is 0.494 e. The normalized spacial score (nSPS) is 22.4. The molecule has 2 rings (SSSR count). The minimum absolute atomic E-state index is 0.0776. The smallest absolute Gasteiger partial charge is 0.338 e. The highest BCUT2D eigenvalue weighted by Gasteiger charge is 2.36. The number of nitrogens with zero attached hydrogens (tertiary/aromatic N) is 1. The van der Waals surface area contributed by atoms with Crippen molar-refractivity contribution in [2.75, 3.05) is 6.61 Å². The third kappa shape index (κ3) is 5.76. The summed E-state index contributed by atoms with van der Waals surface area (Å²) in [6.07, 6.45) is 8.90. The van der Waals surface area contributed by atoms with Gasteiger partial charge in [0.2, 0.25) is 0 Å². The summed E-state index contributed by atoms with van der Waals surface area (Å²) in [6.45, 7) is 4.73. The molecule has 0 unspecified atom stereocenters. The number of ether oxygens (including phenoxy) is 2. The van der Waals surface area contributed by atoms with E-state index in [1.54, 1.807) is 24.3 Å². The van der Waals surface area contributed by atoms with Crippen LogP contribution in [0.2, 0.25) is 0 Å². The van der Waals surface area contributed by atoms with E-state index in [9.17, 15) is 10.1 Å². The minimum atomic E-state index is -0.287. The van der Waals surface area contributed by atoms with E-state index in [-0.39, 0.29) is 17.5 Å². The molecule has 0 amide bonds. The second-order valence-corrected chi connectivity index (χ2v) is 7.26. The van der Waals surface area contributed by atoms with Crippen LogP contribution >= 0.6 is 0 Å². The third-order valence-electron chi connectivity index (χ3n) is 5.31. The van der Waals surface area contributed by atoms with Crippen LogP contribution < -0.4 is 4.74 Å². The first kappa shape index (κ1) is 20.3. The van der Waals surface area contributed by atoms with Crippen molar-refractivity contribution in [3.05, 3.63) is 29.8 Å². The molecule has 142 valence electrons. The zero-order valence-corrected chi connectivity index (χ0v) is 16.1. The number of nitriles is 1. The molecule has 0 aromatic heterocycles. The number of hydrogen-bond donors (Lipinski definition) is 0. The average molecular weight is 357 g/mol. The maximum absolute atomic E-state index is 12.3. The lowest BCUT2D eigenvalue weighted by Crippen LogP contribution is -2.31. The number of esters is 1. The lowest BCUT2D eigenvalue weighted by atomic mass is 9.71. The molecular formula is C22H31NO3. The van der Waals surface area contributed by atoms with Crippen molar-refractivity contribution in [1.29, 1.82) is 5.26 Å². The Balaban J connectivity index is 1.81. The number of hydrogen-bond acceptors (Lipinski definition) is 4. The molecule has 0 N–H and O–H groups in total. The van der Waals surface area contributed by atoms with Crippen molar-refractivity contribution in [3.63, 3.8) is 0 Å². The number of carbonyl (C=O) groups is 1. The van der Waals surface area contributed by atoms with E-state index in [4.69, 9.17) is 9.47 Å². The molecule has 0 bridgehead atoms. The zero-order valence-electron chi connectivity index (χ0n) is 16.1. The number of carbonyl (C=O) groups excluding carboxylic acids is 1. The highest BCUT2D eigenvalue weighted by atomic mass is 16.5. The van der Waals surface area contributed by atoms with Crippen LogP contribution in [0.25, 0.3) is 0 Å². The molecule has 1 aliphatic rings. The van der Waals surface area contributed by atoms with Gasteiger partial charge >= 0.3 is 5.97 Å². The van der Waals surface area contributed by atoms with E-state index in [0.29, 0.717) is 12.2 Å². The zero-order chi connectivity index (χ0) is 18.8. The fourth-order valence-electron chi connectivity index (χ4n) is 3.64. The van der Waals surface area contributed by atoms with Gasteiger partial charge < -0.3 is 9.47 Å². The van der Waals surface area contributed by atoms with Crippen LogP contribution in [0.4, 0.5) is 0 Å². The van der Waals surface area contributed by atoms with Crippen LogP contribution in [0.5, 0.6) is 5.75 Å². The molecule has 0 aliphatic heterocycles. The molecule has 26 heavy (non-hydrogen) atoms. The van der Waals surface area contributed by atoms with Crippen LogP contribution in [-0.4, -0.2) is 18.7 Å². The van der Waals surface area contributed by atoms with Crippen LogP contribution in [0, 0.1) is 16.7 Å². The predicted molar refractivity (Wildman–Crippen MR) is 102 cm³/mol. The Hall–Kier alpha value is -2.02. The van der Waals surface area contributed by atoms with Crippen molar-refractivity contribution in [2.24, 2.45) is 5.41 Å². The van der Waals surface area contributed by atoms with Gasteiger partial charge in [-0.1, -0.05) is 32.6 Å². The molecule has 1 saturated carbocycles. The quantitative estimate of drug-likeness (QED) is 0.422. The summed E-state index contributed by atoms with van der Waals surface area (Å²) in [5.74, 6) is 0.467. The fraction of sp³-hybridized carbons (Fsp3) is 0.636. The number of rotatable bonds is 9. The molecule has 0 saturated heterocycles. The fourth-order valence-corrected chi connectivity index (χ4v) is 3.64. The van der Waals surface area contributed by atoms with Gasteiger partial charge in [0.1, 0.15) is 11.9 Å². The Bertz CT molecular complexity index is 595. The maximum atomic E-state index is 12.3. The van der Waals surface area contributed by atoms with Crippen LogP contribution in [-0.2, 0) is 4.74 Å². The lowest BCUT2D eigenvalue weighted by molar-refractivity contribution is 0.0105. The third-order valence-corrected chi connectivity index (χ3v) is 5.31. The summed E-state index contributed by atoms with van der Waals surface area (Å²) in [5, 5.41) is 9.64. The Morgan fingerprint density at radius 1 is 1.15 bits per heavy atom. The monoisotopic (exact) mass is 357 g/mol. The van der Waals surface area contributed by atoms with Crippen molar-refractivity contribution in [2.45, 2.75) is 77.7 Å². The summed E-state index contributed by atoms with van der Waals surface area (Å²) in [6, 6.07) is 9.62. The van der Waals surface area contributed by atoms with E-state index >= 15 is 0 Å².